The Labute approximate surface area is 148 Å². The van der Waals surface area contributed by atoms with Crippen molar-refractivity contribution >= 4 is 28.9 Å². The van der Waals surface area contributed by atoms with Crippen molar-refractivity contribution < 1.29 is 9.53 Å². The number of pyridine rings is 1. The van der Waals surface area contributed by atoms with Crippen LogP contribution in [0.25, 0.3) is 10.6 Å². The van der Waals surface area contributed by atoms with E-state index in [1.54, 1.807) is 18.5 Å². The third-order valence-electron chi connectivity index (χ3n) is 3.82. The van der Waals surface area contributed by atoms with Gasteiger partial charge in [0.2, 0.25) is 0 Å². The molecule has 0 unspecified atom stereocenters. The SMILES string of the molecule is O=C(Oc1ccc(C2CC2)cc1Cl)c1cnc(-c2cccnc2)s1. The summed E-state index contributed by atoms with van der Waals surface area (Å²) in [4.78, 5) is 21.1. The van der Waals surface area contributed by atoms with Crippen LogP contribution in [-0.4, -0.2) is 15.9 Å². The number of nitrogens with zero attached hydrogens (tertiary/aromatic N) is 2. The fourth-order valence-electron chi connectivity index (χ4n) is 2.41. The van der Waals surface area contributed by atoms with Gasteiger partial charge in [0.1, 0.15) is 15.6 Å². The molecule has 0 bridgehead atoms. The Morgan fingerprint density at radius 2 is 2.12 bits per heavy atom. The lowest BCUT2D eigenvalue weighted by molar-refractivity contribution is 0.0739. The molecule has 0 atom stereocenters. The molecule has 4 nitrogen and oxygen atoms in total. The summed E-state index contributed by atoms with van der Waals surface area (Å²) in [6, 6.07) is 9.34. The predicted octanol–water partition coefficient (Wildman–Crippen LogP) is 4.96. The van der Waals surface area contributed by atoms with Crippen LogP contribution in [0.15, 0.2) is 48.9 Å². The molecule has 6 heteroatoms. The number of hydrogen-bond acceptors (Lipinski definition) is 5. The first kappa shape index (κ1) is 15.3. The smallest absolute Gasteiger partial charge is 0.355 e. The summed E-state index contributed by atoms with van der Waals surface area (Å²) in [6.07, 6.45) is 7.32. The van der Waals surface area contributed by atoms with Crippen LogP contribution in [-0.2, 0) is 0 Å². The molecule has 0 amide bonds. The molecule has 3 aromatic rings. The minimum Gasteiger partial charge on any atom is -0.421 e. The number of carbonyl (C=O) groups is 1. The van der Waals surface area contributed by atoms with Gasteiger partial charge in [0.25, 0.3) is 0 Å². The first-order valence-corrected chi connectivity index (χ1v) is 8.78. The Bertz CT molecular complexity index is 891. The second kappa shape index (κ2) is 6.34. The highest BCUT2D eigenvalue weighted by Crippen LogP contribution is 2.42. The zero-order valence-corrected chi connectivity index (χ0v) is 14.2. The van der Waals surface area contributed by atoms with Crippen molar-refractivity contribution in [3.8, 4) is 16.3 Å². The van der Waals surface area contributed by atoms with Gasteiger partial charge in [-0.05, 0) is 48.6 Å². The number of ether oxygens (including phenoxy) is 1. The quantitative estimate of drug-likeness (QED) is 0.490. The molecule has 1 aliphatic rings. The van der Waals surface area contributed by atoms with E-state index in [4.69, 9.17) is 16.3 Å². The van der Waals surface area contributed by atoms with E-state index in [9.17, 15) is 4.79 Å². The number of hydrogen-bond donors (Lipinski definition) is 0. The Hall–Kier alpha value is -2.24. The Kier molecular flexibility index (Phi) is 4.04. The standard InChI is InChI=1S/C18H13ClN2O2S/c19-14-8-12(11-3-4-11)5-6-15(14)23-18(22)16-10-21-17(24-16)13-2-1-7-20-9-13/h1-2,5-11H,3-4H2. The number of carbonyl (C=O) groups excluding carboxylic acids is 1. The number of aromatic nitrogens is 2. The number of halogens is 1. The Morgan fingerprint density at radius 1 is 1.25 bits per heavy atom. The summed E-state index contributed by atoms with van der Waals surface area (Å²) in [7, 11) is 0. The zero-order valence-electron chi connectivity index (χ0n) is 12.6. The summed E-state index contributed by atoms with van der Waals surface area (Å²) in [6.45, 7) is 0. The maximum absolute atomic E-state index is 12.3. The molecule has 0 saturated heterocycles. The van der Waals surface area contributed by atoms with Gasteiger partial charge in [0.15, 0.2) is 0 Å². The second-order valence-corrected chi connectivity index (χ2v) is 7.06. The highest BCUT2D eigenvalue weighted by Gasteiger charge is 2.24. The maximum atomic E-state index is 12.3. The van der Waals surface area contributed by atoms with Crippen molar-refractivity contribution in [2.24, 2.45) is 0 Å². The van der Waals surface area contributed by atoms with E-state index >= 15 is 0 Å². The van der Waals surface area contributed by atoms with E-state index in [1.807, 2.05) is 24.3 Å². The average Bonchev–Trinajstić information content (AvgIpc) is 3.33. The van der Waals surface area contributed by atoms with Gasteiger partial charge in [-0.3, -0.25) is 4.98 Å². The van der Waals surface area contributed by atoms with Crippen LogP contribution < -0.4 is 4.74 Å². The van der Waals surface area contributed by atoms with E-state index in [1.165, 1.54) is 35.9 Å². The Morgan fingerprint density at radius 3 is 2.83 bits per heavy atom. The molecule has 0 spiro atoms. The van der Waals surface area contributed by atoms with Crippen molar-refractivity contribution in [2.75, 3.05) is 0 Å². The molecule has 0 radical (unpaired) electrons. The molecule has 4 rings (SSSR count). The molecule has 1 saturated carbocycles. The minimum absolute atomic E-state index is 0.377. The molecule has 120 valence electrons. The van der Waals surface area contributed by atoms with Crippen LogP contribution in [0.2, 0.25) is 5.02 Å². The van der Waals surface area contributed by atoms with Crippen molar-refractivity contribution in [3.05, 3.63) is 64.4 Å². The number of rotatable bonds is 4. The number of esters is 1. The van der Waals surface area contributed by atoms with Crippen molar-refractivity contribution in [1.29, 1.82) is 0 Å². The monoisotopic (exact) mass is 356 g/mol. The van der Waals surface area contributed by atoms with Crippen LogP contribution >= 0.6 is 22.9 Å². The van der Waals surface area contributed by atoms with Gasteiger partial charge in [-0.1, -0.05) is 17.7 Å². The van der Waals surface area contributed by atoms with E-state index in [2.05, 4.69) is 9.97 Å². The third-order valence-corrected chi connectivity index (χ3v) is 5.14. The van der Waals surface area contributed by atoms with Crippen molar-refractivity contribution in [1.82, 2.24) is 9.97 Å². The minimum atomic E-state index is -0.455. The lowest BCUT2D eigenvalue weighted by atomic mass is 10.1. The van der Waals surface area contributed by atoms with E-state index in [0.717, 1.165) is 10.6 Å². The fraction of sp³-hybridized carbons (Fsp3) is 0.167. The topological polar surface area (TPSA) is 52.1 Å². The van der Waals surface area contributed by atoms with Crippen molar-refractivity contribution in [2.45, 2.75) is 18.8 Å². The normalized spacial score (nSPS) is 13.7. The first-order chi connectivity index (χ1) is 11.7. The van der Waals surface area contributed by atoms with E-state index < -0.39 is 5.97 Å². The number of benzene rings is 1. The molecule has 0 aliphatic heterocycles. The van der Waals surface area contributed by atoms with E-state index in [-0.39, 0.29) is 0 Å². The van der Waals surface area contributed by atoms with Gasteiger partial charge >= 0.3 is 5.97 Å². The fourth-order valence-corrected chi connectivity index (χ4v) is 3.42. The highest BCUT2D eigenvalue weighted by atomic mass is 35.5. The molecule has 0 N–H and O–H groups in total. The van der Waals surface area contributed by atoms with Gasteiger partial charge in [0, 0.05) is 18.0 Å². The third kappa shape index (κ3) is 3.18. The molecule has 2 heterocycles. The van der Waals surface area contributed by atoms with Gasteiger partial charge in [-0.25, -0.2) is 9.78 Å². The molecule has 2 aromatic heterocycles. The molecule has 1 fully saturated rings. The van der Waals surface area contributed by atoms with Crippen LogP contribution in [0, 0.1) is 0 Å². The maximum Gasteiger partial charge on any atom is 0.355 e. The molecule has 24 heavy (non-hydrogen) atoms. The van der Waals surface area contributed by atoms with E-state index in [0.29, 0.717) is 21.6 Å². The summed E-state index contributed by atoms with van der Waals surface area (Å²) < 4.78 is 5.42. The average molecular weight is 357 g/mol. The largest absolute Gasteiger partial charge is 0.421 e. The van der Waals surface area contributed by atoms with Crippen LogP contribution in [0.4, 0.5) is 0 Å². The molecular formula is C18H13ClN2O2S. The lowest BCUT2D eigenvalue weighted by Gasteiger charge is -2.06. The molecule has 1 aliphatic carbocycles. The highest BCUT2D eigenvalue weighted by molar-refractivity contribution is 7.16. The summed E-state index contributed by atoms with van der Waals surface area (Å²) >= 11 is 7.50. The van der Waals surface area contributed by atoms with Crippen LogP contribution in [0.3, 0.4) is 0 Å². The molecule has 1 aromatic carbocycles. The number of thiazole rings is 1. The molecular weight excluding hydrogens is 344 g/mol. The van der Waals surface area contributed by atoms with Gasteiger partial charge < -0.3 is 4.74 Å². The lowest BCUT2D eigenvalue weighted by Crippen LogP contribution is -2.06. The second-order valence-electron chi connectivity index (χ2n) is 5.63. The zero-order chi connectivity index (χ0) is 16.5. The first-order valence-electron chi connectivity index (χ1n) is 7.58. The van der Waals surface area contributed by atoms with Crippen LogP contribution in [0.5, 0.6) is 5.75 Å². The van der Waals surface area contributed by atoms with Gasteiger partial charge in [0.05, 0.1) is 11.2 Å². The summed E-state index contributed by atoms with van der Waals surface area (Å²) in [5.41, 5.74) is 2.07. The predicted molar refractivity (Wildman–Crippen MR) is 93.7 cm³/mol. The summed E-state index contributed by atoms with van der Waals surface area (Å²) in [5.74, 6) is 0.530. The van der Waals surface area contributed by atoms with Gasteiger partial charge in [-0.15, -0.1) is 11.3 Å². The Balaban J connectivity index is 1.51. The summed E-state index contributed by atoms with van der Waals surface area (Å²) in [5, 5.41) is 1.19. The van der Waals surface area contributed by atoms with Crippen molar-refractivity contribution in [3.63, 3.8) is 0 Å². The van der Waals surface area contributed by atoms with Crippen LogP contribution in [0.1, 0.15) is 34.0 Å². The van der Waals surface area contributed by atoms with Gasteiger partial charge in [-0.2, -0.15) is 0 Å².